The average Bonchev–Trinajstić information content (AvgIpc) is 2.66. The summed E-state index contributed by atoms with van der Waals surface area (Å²) in [5, 5.41) is 9.94. The van der Waals surface area contributed by atoms with Crippen LogP contribution in [0.5, 0.6) is 11.5 Å². The lowest BCUT2D eigenvalue weighted by molar-refractivity contribution is 0.104. The Bertz CT molecular complexity index is 761. The predicted molar refractivity (Wildman–Crippen MR) is 120 cm³/mol. The first-order valence-corrected chi connectivity index (χ1v) is 10.9. The molecule has 2 nitrogen and oxygen atoms in total. The summed E-state index contributed by atoms with van der Waals surface area (Å²) in [7, 11) is 0. The first-order chi connectivity index (χ1) is 13.3. The second kappa shape index (κ2) is 10.0. The van der Waals surface area contributed by atoms with Crippen molar-refractivity contribution < 1.29 is 9.84 Å². The van der Waals surface area contributed by atoms with E-state index >= 15 is 0 Å². The molecule has 2 aromatic rings. The molecule has 0 aliphatic carbocycles. The van der Waals surface area contributed by atoms with E-state index in [0.717, 1.165) is 24.2 Å². The summed E-state index contributed by atoms with van der Waals surface area (Å²) in [5.74, 6) is 1.69. The second-order valence-corrected chi connectivity index (χ2v) is 8.69. The molecule has 0 heterocycles. The highest BCUT2D eigenvalue weighted by molar-refractivity contribution is 5.44. The molecule has 0 aromatic heterocycles. The van der Waals surface area contributed by atoms with E-state index in [1.165, 1.54) is 42.4 Å². The van der Waals surface area contributed by atoms with Crippen LogP contribution in [0, 0.1) is 13.8 Å². The van der Waals surface area contributed by atoms with E-state index in [1.54, 1.807) is 0 Å². The lowest BCUT2D eigenvalue weighted by atomic mass is 9.85. The molecule has 1 unspecified atom stereocenters. The Morgan fingerprint density at radius 1 is 0.893 bits per heavy atom. The number of ether oxygens (including phenoxy) is 1. The zero-order chi connectivity index (χ0) is 20.7. The molecule has 0 amide bonds. The molecule has 2 aromatic carbocycles. The predicted octanol–water partition coefficient (Wildman–Crippen LogP) is 7.68. The normalized spacial score (nSPS) is 12.8. The van der Waals surface area contributed by atoms with E-state index in [2.05, 4.69) is 65.0 Å². The maximum atomic E-state index is 9.94. The molecule has 2 heteroatoms. The van der Waals surface area contributed by atoms with Gasteiger partial charge in [-0.2, -0.15) is 0 Å². The zero-order valence-corrected chi connectivity index (χ0v) is 18.6. The van der Waals surface area contributed by atoms with Crippen molar-refractivity contribution >= 4 is 0 Å². The average molecular weight is 383 g/mol. The lowest BCUT2D eigenvalue weighted by Crippen LogP contribution is -2.27. The largest absolute Gasteiger partial charge is 0.508 e. The Balaban J connectivity index is 2.31. The molecular formula is C26H38O2. The maximum absolute atomic E-state index is 9.94. The van der Waals surface area contributed by atoms with Gasteiger partial charge >= 0.3 is 0 Å². The number of benzene rings is 2. The van der Waals surface area contributed by atoms with Crippen LogP contribution >= 0.6 is 0 Å². The van der Waals surface area contributed by atoms with E-state index in [0.29, 0.717) is 11.7 Å². The molecule has 0 saturated heterocycles. The molecule has 0 bridgehead atoms. The van der Waals surface area contributed by atoms with Crippen molar-refractivity contribution in [3.8, 4) is 11.5 Å². The summed E-state index contributed by atoms with van der Waals surface area (Å²) in [6.45, 7) is 12.8. The van der Waals surface area contributed by atoms with Crippen LogP contribution in [0.15, 0.2) is 36.4 Å². The highest BCUT2D eigenvalue weighted by atomic mass is 16.5. The molecule has 2 rings (SSSR count). The molecule has 1 atom stereocenters. The Kier molecular flexibility index (Phi) is 7.98. The maximum Gasteiger partial charge on any atom is 0.123 e. The molecule has 0 fully saturated rings. The van der Waals surface area contributed by atoms with Gasteiger partial charge in [0.15, 0.2) is 0 Å². The Labute approximate surface area is 172 Å². The molecule has 0 aliphatic rings. The van der Waals surface area contributed by atoms with E-state index in [9.17, 15) is 5.11 Å². The fourth-order valence-corrected chi connectivity index (χ4v) is 3.57. The Morgan fingerprint density at radius 3 is 2.11 bits per heavy atom. The van der Waals surface area contributed by atoms with Crippen LogP contribution < -0.4 is 4.74 Å². The van der Waals surface area contributed by atoms with Gasteiger partial charge in [-0.3, -0.25) is 0 Å². The van der Waals surface area contributed by atoms with Crippen LogP contribution in [0.1, 0.15) is 94.4 Å². The van der Waals surface area contributed by atoms with Gasteiger partial charge in [0.2, 0.25) is 0 Å². The third-order valence-electron chi connectivity index (χ3n) is 5.81. The van der Waals surface area contributed by atoms with E-state index in [4.69, 9.17) is 4.74 Å². The highest BCUT2D eigenvalue weighted by Gasteiger charge is 2.20. The Hall–Kier alpha value is -1.96. The van der Waals surface area contributed by atoms with Gasteiger partial charge in [0.05, 0.1) is 0 Å². The summed E-state index contributed by atoms with van der Waals surface area (Å²) < 4.78 is 6.24. The van der Waals surface area contributed by atoms with E-state index in [1.807, 2.05) is 13.0 Å². The molecule has 0 saturated carbocycles. The number of unbranched alkanes of at least 4 members (excludes halogenated alkanes) is 3. The van der Waals surface area contributed by atoms with Gasteiger partial charge in [-0.25, -0.2) is 0 Å². The van der Waals surface area contributed by atoms with E-state index in [-0.39, 0.29) is 5.60 Å². The summed E-state index contributed by atoms with van der Waals surface area (Å²) >= 11 is 0. The number of aryl methyl sites for hydroxylation is 2. The topological polar surface area (TPSA) is 29.5 Å². The standard InChI is InChI=1S/C26H38O2/c1-7-9-10-11-12-23(21-13-15-24(27)19(3)17-21)22-14-16-25(20(4)18-22)28-26(5,6)8-2/h13-18,23,27H,7-12H2,1-6H3. The fraction of sp³-hybridized carbons (Fsp3) is 0.538. The highest BCUT2D eigenvalue weighted by Crippen LogP contribution is 2.35. The van der Waals surface area contributed by atoms with Gasteiger partial charge in [-0.15, -0.1) is 0 Å². The summed E-state index contributed by atoms with van der Waals surface area (Å²) in [4.78, 5) is 0. The van der Waals surface area contributed by atoms with Gasteiger partial charge in [-0.1, -0.05) is 63.8 Å². The van der Waals surface area contributed by atoms with Gasteiger partial charge in [0.1, 0.15) is 17.1 Å². The lowest BCUT2D eigenvalue weighted by Gasteiger charge is -2.27. The van der Waals surface area contributed by atoms with Crippen molar-refractivity contribution in [2.45, 2.75) is 91.6 Å². The number of phenolic OH excluding ortho intramolecular Hbond substituents is 1. The summed E-state index contributed by atoms with van der Waals surface area (Å²) in [5.41, 5.74) is 4.60. The van der Waals surface area contributed by atoms with Gasteiger partial charge in [0.25, 0.3) is 0 Å². The minimum Gasteiger partial charge on any atom is -0.508 e. The van der Waals surface area contributed by atoms with Crippen LogP contribution in [0.25, 0.3) is 0 Å². The van der Waals surface area contributed by atoms with Crippen molar-refractivity contribution in [2.75, 3.05) is 0 Å². The van der Waals surface area contributed by atoms with Crippen LogP contribution in [0.4, 0.5) is 0 Å². The molecule has 0 aliphatic heterocycles. The van der Waals surface area contributed by atoms with Gasteiger partial charge in [0, 0.05) is 5.92 Å². The third kappa shape index (κ3) is 6.02. The summed E-state index contributed by atoms with van der Waals surface area (Å²) in [6.07, 6.45) is 7.14. The molecule has 28 heavy (non-hydrogen) atoms. The minimum atomic E-state index is -0.153. The quantitative estimate of drug-likeness (QED) is 0.427. The van der Waals surface area contributed by atoms with Gasteiger partial charge in [-0.05, 0) is 74.9 Å². The first-order valence-electron chi connectivity index (χ1n) is 10.9. The van der Waals surface area contributed by atoms with Crippen molar-refractivity contribution in [2.24, 2.45) is 0 Å². The van der Waals surface area contributed by atoms with Crippen LogP contribution in [-0.2, 0) is 0 Å². The number of rotatable bonds is 10. The third-order valence-corrected chi connectivity index (χ3v) is 5.81. The zero-order valence-electron chi connectivity index (χ0n) is 18.6. The summed E-state index contributed by atoms with van der Waals surface area (Å²) in [6, 6.07) is 12.7. The fourth-order valence-electron chi connectivity index (χ4n) is 3.57. The number of aromatic hydroxyl groups is 1. The first kappa shape index (κ1) is 22.3. The number of hydrogen-bond acceptors (Lipinski definition) is 2. The number of hydrogen-bond donors (Lipinski definition) is 1. The minimum absolute atomic E-state index is 0.153. The molecule has 0 spiro atoms. The van der Waals surface area contributed by atoms with Crippen LogP contribution in [-0.4, -0.2) is 10.7 Å². The van der Waals surface area contributed by atoms with Crippen molar-refractivity contribution in [1.82, 2.24) is 0 Å². The second-order valence-electron chi connectivity index (χ2n) is 8.69. The van der Waals surface area contributed by atoms with Crippen molar-refractivity contribution in [1.29, 1.82) is 0 Å². The molecule has 154 valence electrons. The molecule has 1 N–H and O–H groups in total. The SMILES string of the molecule is CCCCCCC(c1ccc(O)c(C)c1)c1ccc(OC(C)(C)CC)c(C)c1. The monoisotopic (exact) mass is 382 g/mol. The van der Waals surface area contributed by atoms with Crippen LogP contribution in [0.2, 0.25) is 0 Å². The molecular weight excluding hydrogens is 344 g/mol. The number of phenols is 1. The Morgan fingerprint density at radius 2 is 1.54 bits per heavy atom. The van der Waals surface area contributed by atoms with Gasteiger partial charge < -0.3 is 9.84 Å². The van der Waals surface area contributed by atoms with E-state index < -0.39 is 0 Å². The van der Waals surface area contributed by atoms with Crippen LogP contribution in [0.3, 0.4) is 0 Å². The molecule has 0 radical (unpaired) electrons. The smallest absolute Gasteiger partial charge is 0.123 e. The van der Waals surface area contributed by atoms with Crippen molar-refractivity contribution in [3.05, 3.63) is 58.7 Å². The van der Waals surface area contributed by atoms with Crippen molar-refractivity contribution in [3.63, 3.8) is 0 Å².